The molecule has 0 fully saturated rings. The van der Waals surface area contributed by atoms with Crippen molar-refractivity contribution in [2.24, 2.45) is 0 Å². The molecular formula is C9H7NO6. The number of hydrogen-bond donors (Lipinski definition) is 1. The fourth-order valence-electron chi connectivity index (χ4n) is 1.30. The van der Waals surface area contributed by atoms with E-state index in [9.17, 15) is 14.9 Å². The molecule has 1 aromatic rings. The third-order valence-electron chi connectivity index (χ3n) is 2.07. The van der Waals surface area contributed by atoms with Gasteiger partial charge >= 0.3 is 5.97 Å². The molecule has 1 aromatic carbocycles. The molecule has 1 heterocycles. The number of nitro groups is 1. The number of non-ortho nitro benzene ring substituents is 1. The van der Waals surface area contributed by atoms with Gasteiger partial charge < -0.3 is 14.6 Å². The third-order valence-corrected chi connectivity index (χ3v) is 2.07. The fourth-order valence-corrected chi connectivity index (χ4v) is 1.30. The Morgan fingerprint density at radius 2 is 2.25 bits per heavy atom. The summed E-state index contributed by atoms with van der Waals surface area (Å²) in [6, 6.07) is 3.79. The van der Waals surface area contributed by atoms with Crippen molar-refractivity contribution < 1.29 is 24.3 Å². The summed E-state index contributed by atoms with van der Waals surface area (Å²) in [4.78, 5) is 20.5. The number of carbonyl (C=O) groups is 1. The molecule has 7 heteroatoms. The number of hydrogen-bond acceptors (Lipinski definition) is 5. The maximum Gasteiger partial charge on any atom is 0.348 e. The maximum absolute atomic E-state index is 10.6. The zero-order valence-corrected chi connectivity index (χ0v) is 7.95. The molecule has 7 nitrogen and oxygen atoms in total. The van der Waals surface area contributed by atoms with Crippen LogP contribution in [-0.4, -0.2) is 28.7 Å². The third kappa shape index (κ3) is 1.74. The highest BCUT2D eigenvalue weighted by molar-refractivity contribution is 5.73. The van der Waals surface area contributed by atoms with Gasteiger partial charge in [0.15, 0.2) is 11.5 Å². The van der Waals surface area contributed by atoms with Crippen molar-refractivity contribution in [3.05, 3.63) is 28.3 Å². The topological polar surface area (TPSA) is 98.9 Å². The van der Waals surface area contributed by atoms with Crippen molar-refractivity contribution in [1.29, 1.82) is 0 Å². The number of carboxylic acids is 1. The highest BCUT2D eigenvalue weighted by atomic mass is 16.6. The van der Waals surface area contributed by atoms with Crippen LogP contribution in [0.5, 0.6) is 11.5 Å². The Kier molecular flexibility index (Phi) is 2.35. The lowest BCUT2D eigenvalue weighted by molar-refractivity contribution is -0.385. The van der Waals surface area contributed by atoms with Crippen molar-refractivity contribution in [2.45, 2.75) is 6.10 Å². The lowest BCUT2D eigenvalue weighted by Crippen LogP contribution is -2.36. The maximum atomic E-state index is 10.6. The van der Waals surface area contributed by atoms with E-state index in [-0.39, 0.29) is 18.0 Å². The predicted octanol–water partition coefficient (Wildman–Crippen LogP) is 0.819. The number of fused-ring (bicyclic) bond motifs is 1. The molecule has 84 valence electrons. The standard InChI is InChI=1S/C9H7NO6/c11-9(12)8-4-15-6-2-1-5(10(13)14)3-7(6)16-8/h1-3,8H,4H2,(H,11,12). The van der Waals surface area contributed by atoms with E-state index in [1.54, 1.807) is 0 Å². The van der Waals surface area contributed by atoms with Crippen LogP contribution in [0.4, 0.5) is 5.69 Å². The van der Waals surface area contributed by atoms with E-state index >= 15 is 0 Å². The van der Waals surface area contributed by atoms with Crippen molar-refractivity contribution in [1.82, 2.24) is 0 Å². The second-order valence-electron chi connectivity index (χ2n) is 3.14. The first kappa shape index (κ1) is 10.2. The van der Waals surface area contributed by atoms with Gasteiger partial charge in [-0.15, -0.1) is 0 Å². The highest BCUT2D eigenvalue weighted by Gasteiger charge is 2.28. The summed E-state index contributed by atoms with van der Waals surface area (Å²) in [6.45, 7) is -0.111. The normalized spacial score (nSPS) is 17.9. The molecule has 0 saturated carbocycles. The molecule has 1 aliphatic rings. The minimum absolute atomic E-state index is 0.0767. The Hall–Kier alpha value is -2.31. The number of ether oxygens (including phenoxy) is 2. The van der Waals surface area contributed by atoms with Gasteiger partial charge in [-0.2, -0.15) is 0 Å². The molecular weight excluding hydrogens is 218 g/mol. The molecule has 1 aliphatic heterocycles. The summed E-state index contributed by atoms with van der Waals surface area (Å²) < 4.78 is 10.2. The van der Waals surface area contributed by atoms with Gasteiger partial charge in [-0.1, -0.05) is 0 Å². The smallest absolute Gasteiger partial charge is 0.348 e. The number of carboxylic acid groups (broad SMARTS) is 1. The van der Waals surface area contributed by atoms with E-state index in [1.807, 2.05) is 0 Å². The molecule has 1 N–H and O–H groups in total. The summed E-state index contributed by atoms with van der Waals surface area (Å²) in [6.07, 6.45) is -1.13. The Morgan fingerprint density at radius 1 is 1.50 bits per heavy atom. The largest absolute Gasteiger partial charge is 0.485 e. The number of rotatable bonds is 2. The van der Waals surface area contributed by atoms with Crippen molar-refractivity contribution in [2.75, 3.05) is 6.61 Å². The molecule has 0 aromatic heterocycles. The first-order chi connectivity index (χ1) is 7.58. The summed E-state index contributed by atoms with van der Waals surface area (Å²) in [7, 11) is 0. The molecule has 0 bridgehead atoms. The Balaban J connectivity index is 2.32. The van der Waals surface area contributed by atoms with Gasteiger partial charge in [0.1, 0.15) is 6.61 Å². The second-order valence-corrected chi connectivity index (χ2v) is 3.14. The average molecular weight is 225 g/mol. The number of nitrogens with zero attached hydrogens (tertiary/aromatic N) is 1. The van der Waals surface area contributed by atoms with Gasteiger partial charge in [0.05, 0.1) is 11.0 Å². The van der Waals surface area contributed by atoms with Gasteiger partial charge in [-0.3, -0.25) is 10.1 Å². The summed E-state index contributed by atoms with van der Waals surface area (Å²) >= 11 is 0. The van der Waals surface area contributed by atoms with Crippen LogP contribution in [0.15, 0.2) is 18.2 Å². The molecule has 0 spiro atoms. The monoisotopic (exact) mass is 225 g/mol. The van der Waals surface area contributed by atoms with Gasteiger partial charge in [-0.05, 0) is 6.07 Å². The van der Waals surface area contributed by atoms with E-state index in [4.69, 9.17) is 14.6 Å². The molecule has 2 rings (SSSR count). The molecule has 1 atom stereocenters. The minimum Gasteiger partial charge on any atom is -0.485 e. The quantitative estimate of drug-likeness (QED) is 0.590. The van der Waals surface area contributed by atoms with Crippen LogP contribution in [0.3, 0.4) is 0 Å². The van der Waals surface area contributed by atoms with Crippen LogP contribution in [-0.2, 0) is 4.79 Å². The zero-order valence-electron chi connectivity index (χ0n) is 7.95. The molecule has 0 saturated heterocycles. The second kappa shape index (κ2) is 3.69. The molecule has 0 amide bonds. The zero-order chi connectivity index (χ0) is 11.7. The highest BCUT2D eigenvalue weighted by Crippen LogP contribution is 2.34. The fraction of sp³-hybridized carbons (Fsp3) is 0.222. The molecule has 1 unspecified atom stereocenters. The van der Waals surface area contributed by atoms with E-state index in [0.29, 0.717) is 5.75 Å². The van der Waals surface area contributed by atoms with Gasteiger partial charge in [0.25, 0.3) is 5.69 Å². The Bertz CT molecular complexity index is 457. The minimum atomic E-state index is -1.17. The first-order valence-electron chi connectivity index (χ1n) is 4.38. The first-order valence-corrected chi connectivity index (χ1v) is 4.38. The van der Waals surface area contributed by atoms with Crippen molar-refractivity contribution >= 4 is 11.7 Å². The SMILES string of the molecule is O=C(O)C1COc2ccc([N+](=O)[O-])cc2O1. The lowest BCUT2D eigenvalue weighted by Gasteiger charge is -2.23. The van der Waals surface area contributed by atoms with Crippen molar-refractivity contribution in [3.63, 3.8) is 0 Å². The van der Waals surface area contributed by atoms with Crippen LogP contribution in [0.2, 0.25) is 0 Å². The van der Waals surface area contributed by atoms with E-state index in [1.165, 1.54) is 12.1 Å². The van der Waals surface area contributed by atoms with Gasteiger partial charge in [0, 0.05) is 6.07 Å². The average Bonchev–Trinajstić information content (AvgIpc) is 2.27. The van der Waals surface area contributed by atoms with E-state index in [0.717, 1.165) is 6.07 Å². The molecule has 16 heavy (non-hydrogen) atoms. The van der Waals surface area contributed by atoms with Crippen LogP contribution in [0.25, 0.3) is 0 Å². The van der Waals surface area contributed by atoms with Crippen LogP contribution in [0.1, 0.15) is 0 Å². The Labute approximate surface area is 89.4 Å². The van der Waals surface area contributed by atoms with Gasteiger partial charge in [0.2, 0.25) is 6.10 Å². The molecule has 0 radical (unpaired) electrons. The van der Waals surface area contributed by atoms with E-state index in [2.05, 4.69) is 0 Å². The lowest BCUT2D eigenvalue weighted by atomic mass is 10.2. The number of aliphatic carboxylic acids is 1. The van der Waals surface area contributed by atoms with Crippen molar-refractivity contribution in [3.8, 4) is 11.5 Å². The number of benzene rings is 1. The summed E-state index contributed by atoms with van der Waals surface area (Å²) in [5, 5.41) is 19.2. The van der Waals surface area contributed by atoms with Crippen LogP contribution < -0.4 is 9.47 Å². The van der Waals surface area contributed by atoms with Crippen LogP contribution >= 0.6 is 0 Å². The van der Waals surface area contributed by atoms with Crippen LogP contribution in [0, 0.1) is 10.1 Å². The predicted molar refractivity (Wildman–Crippen MR) is 50.6 cm³/mol. The summed E-state index contributed by atoms with van der Waals surface area (Å²) in [5.74, 6) is -0.784. The Morgan fingerprint density at radius 3 is 2.88 bits per heavy atom. The summed E-state index contributed by atoms with van der Waals surface area (Å²) in [5.41, 5.74) is -0.173. The molecule has 0 aliphatic carbocycles. The van der Waals surface area contributed by atoms with Gasteiger partial charge in [-0.25, -0.2) is 4.79 Å². The number of nitro benzene ring substituents is 1. The van der Waals surface area contributed by atoms with E-state index < -0.39 is 17.0 Å².